The molecule has 4 nitrogen and oxygen atoms in total. The fraction of sp³-hybridized carbons (Fsp3) is 0.278. The van der Waals surface area contributed by atoms with Crippen LogP contribution < -0.4 is 9.80 Å². The van der Waals surface area contributed by atoms with Crippen LogP contribution in [0.3, 0.4) is 0 Å². The Bertz CT molecular complexity index is 715. The summed E-state index contributed by atoms with van der Waals surface area (Å²) in [5, 5.41) is 11.0. The number of ether oxygens (including phenoxy) is 2. The summed E-state index contributed by atoms with van der Waals surface area (Å²) in [5.41, 5.74) is 4.69. The maximum Gasteiger partial charge on any atom is 0.288 e. The van der Waals surface area contributed by atoms with Crippen LogP contribution in [0.2, 0.25) is 0 Å². The molecule has 23 heavy (non-hydrogen) atoms. The largest absolute Gasteiger partial charge is 0.489 e. The molecule has 0 spiro atoms. The molecule has 1 N–H and O–H groups in total. The number of anilines is 1. The second-order valence-electron chi connectivity index (χ2n) is 5.41. The Morgan fingerprint density at radius 2 is 1.87 bits per heavy atom. The highest BCUT2D eigenvalue weighted by Crippen LogP contribution is 2.26. The lowest BCUT2D eigenvalue weighted by molar-refractivity contribution is 0.264. The molecule has 0 heterocycles. The highest BCUT2D eigenvalue weighted by atomic mass is 32.1. The van der Waals surface area contributed by atoms with Gasteiger partial charge in [0.1, 0.15) is 12.4 Å². The Morgan fingerprint density at radius 1 is 1.13 bits per heavy atom. The molecule has 0 aliphatic carbocycles. The molecule has 0 atom stereocenters. The standard InChI is InChI=1S/C18H21NO3S/c1-12-8-9-17(14(3)10-12)22-11-15-13(2)6-5-7-16(15)19(20)18(23)21-4/h5-10,20H,11H2,1-4H3. The summed E-state index contributed by atoms with van der Waals surface area (Å²) < 4.78 is 10.9. The van der Waals surface area contributed by atoms with Gasteiger partial charge < -0.3 is 9.47 Å². The molecule has 0 amide bonds. The number of rotatable bonds is 4. The fourth-order valence-electron chi connectivity index (χ4n) is 2.37. The Labute approximate surface area is 142 Å². The fourth-order valence-corrected chi connectivity index (χ4v) is 2.47. The van der Waals surface area contributed by atoms with Crippen molar-refractivity contribution in [2.75, 3.05) is 12.2 Å². The van der Waals surface area contributed by atoms with Crippen molar-refractivity contribution in [3.8, 4) is 5.75 Å². The number of nitrogens with zero attached hydrogens (tertiary/aromatic N) is 1. The van der Waals surface area contributed by atoms with Crippen LogP contribution >= 0.6 is 12.2 Å². The molecular weight excluding hydrogens is 310 g/mol. The van der Waals surface area contributed by atoms with Crippen molar-refractivity contribution in [3.63, 3.8) is 0 Å². The summed E-state index contributed by atoms with van der Waals surface area (Å²) in [5.74, 6) is 0.823. The maximum absolute atomic E-state index is 10.2. The van der Waals surface area contributed by atoms with Gasteiger partial charge in [-0.05, 0) is 56.2 Å². The van der Waals surface area contributed by atoms with E-state index < -0.39 is 0 Å². The molecule has 0 fully saturated rings. The number of hydroxylamine groups is 1. The number of hydrogen-bond acceptors (Lipinski definition) is 4. The van der Waals surface area contributed by atoms with Crippen molar-refractivity contribution in [1.29, 1.82) is 0 Å². The van der Waals surface area contributed by atoms with Crippen molar-refractivity contribution in [2.24, 2.45) is 0 Å². The maximum atomic E-state index is 10.2. The third-order valence-corrected chi connectivity index (χ3v) is 4.00. The van der Waals surface area contributed by atoms with Crippen molar-refractivity contribution < 1.29 is 14.7 Å². The van der Waals surface area contributed by atoms with E-state index in [1.165, 1.54) is 12.7 Å². The van der Waals surface area contributed by atoms with Gasteiger partial charge in [-0.3, -0.25) is 5.21 Å². The van der Waals surface area contributed by atoms with E-state index in [0.717, 1.165) is 27.5 Å². The smallest absolute Gasteiger partial charge is 0.288 e. The first kappa shape index (κ1) is 17.2. The van der Waals surface area contributed by atoms with Crippen molar-refractivity contribution in [1.82, 2.24) is 0 Å². The summed E-state index contributed by atoms with van der Waals surface area (Å²) in [6, 6.07) is 11.6. The van der Waals surface area contributed by atoms with Crippen LogP contribution in [0.15, 0.2) is 36.4 Å². The molecule has 0 unspecified atom stereocenters. The van der Waals surface area contributed by atoms with Crippen LogP contribution in [0.5, 0.6) is 5.75 Å². The average Bonchev–Trinajstić information content (AvgIpc) is 2.53. The zero-order valence-electron chi connectivity index (χ0n) is 13.8. The first-order valence-electron chi connectivity index (χ1n) is 7.29. The van der Waals surface area contributed by atoms with Crippen LogP contribution in [0.4, 0.5) is 5.69 Å². The van der Waals surface area contributed by atoms with E-state index in [1.807, 2.05) is 45.0 Å². The van der Waals surface area contributed by atoms with Gasteiger partial charge in [0.05, 0.1) is 12.8 Å². The number of aryl methyl sites for hydroxylation is 3. The number of hydrogen-bond donors (Lipinski definition) is 1. The second kappa shape index (κ2) is 7.44. The summed E-state index contributed by atoms with van der Waals surface area (Å²) in [6.07, 6.45) is 0. The van der Waals surface area contributed by atoms with E-state index in [2.05, 4.69) is 6.07 Å². The lowest BCUT2D eigenvalue weighted by Gasteiger charge is -2.21. The molecular formula is C18H21NO3S. The van der Waals surface area contributed by atoms with E-state index in [4.69, 9.17) is 21.7 Å². The zero-order valence-corrected chi connectivity index (χ0v) is 14.6. The van der Waals surface area contributed by atoms with Gasteiger partial charge in [0.15, 0.2) is 0 Å². The third-order valence-electron chi connectivity index (χ3n) is 3.66. The van der Waals surface area contributed by atoms with E-state index in [-0.39, 0.29) is 5.17 Å². The van der Waals surface area contributed by atoms with E-state index in [9.17, 15) is 5.21 Å². The predicted octanol–water partition coefficient (Wildman–Crippen LogP) is 4.32. The Hall–Kier alpha value is -2.11. The molecule has 2 rings (SSSR count). The molecule has 2 aromatic carbocycles. The van der Waals surface area contributed by atoms with Crippen LogP contribution in [-0.2, 0) is 11.3 Å². The number of thiocarbonyl (C=S) groups is 1. The molecule has 0 aliphatic heterocycles. The second-order valence-corrected chi connectivity index (χ2v) is 5.76. The third kappa shape index (κ3) is 4.00. The lowest BCUT2D eigenvalue weighted by Crippen LogP contribution is -2.27. The molecule has 0 bridgehead atoms. The molecule has 2 aromatic rings. The van der Waals surface area contributed by atoms with Gasteiger partial charge in [0, 0.05) is 5.56 Å². The average molecular weight is 331 g/mol. The van der Waals surface area contributed by atoms with Gasteiger partial charge in [-0.25, -0.2) is 0 Å². The molecule has 122 valence electrons. The van der Waals surface area contributed by atoms with Crippen molar-refractivity contribution >= 4 is 23.1 Å². The van der Waals surface area contributed by atoms with Crippen LogP contribution in [0, 0.1) is 20.8 Å². The topological polar surface area (TPSA) is 41.9 Å². The summed E-state index contributed by atoms with van der Waals surface area (Å²) >= 11 is 4.99. The molecule has 5 heteroatoms. The molecule has 0 saturated heterocycles. The van der Waals surface area contributed by atoms with Gasteiger partial charge in [-0.1, -0.05) is 29.8 Å². The van der Waals surface area contributed by atoms with Gasteiger partial charge in [-0.15, -0.1) is 0 Å². The van der Waals surface area contributed by atoms with Gasteiger partial charge in [-0.2, -0.15) is 5.06 Å². The Morgan fingerprint density at radius 3 is 2.52 bits per heavy atom. The molecule has 0 saturated carbocycles. The van der Waals surface area contributed by atoms with E-state index in [1.54, 1.807) is 6.07 Å². The van der Waals surface area contributed by atoms with E-state index >= 15 is 0 Å². The number of benzene rings is 2. The van der Waals surface area contributed by atoms with Crippen LogP contribution in [-0.4, -0.2) is 17.5 Å². The minimum atomic E-state index is -0.0108. The van der Waals surface area contributed by atoms with Gasteiger partial charge in [0.25, 0.3) is 5.17 Å². The van der Waals surface area contributed by atoms with Crippen molar-refractivity contribution in [3.05, 3.63) is 58.7 Å². The van der Waals surface area contributed by atoms with E-state index in [0.29, 0.717) is 12.3 Å². The first-order valence-corrected chi connectivity index (χ1v) is 7.70. The quantitative estimate of drug-likeness (QED) is 0.667. The molecule has 0 radical (unpaired) electrons. The van der Waals surface area contributed by atoms with Crippen molar-refractivity contribution in [2.45, 2.75) is 27.4 Å². The van der Waals surface area contributed by atoms with Gasteiger partial charge >= 0.3 is 0 Å². The molecule has 0 aliphatic rings. The number of methoxy groups -OCH3 is 1. The Balaban J connectivity index is 2.27. The van der Waals surface area contributed by atoms with Gasteiger partial charge in [0.2, 0.25) is 0 Å². The molecule has 0 aromatic heterocycles. The highest BCUT2D eigenvalue weighted by Gasteiger charge is 2.16. The Kier molecular flexibility index (Phi) is 5.58. The minimum absolute atomic E-state index is 0.0108. The SMILES string of the molecule is COC(=S)N(O)c1cccc(C)c1COc1ccc(C)cc1C. The first-order chi connectivity index (χ1) is 10.9. The summed E-state index contributed by atoms with van der Waals surface area (Å²) in [4.78, 5) is 0. The zero-order chi connectivity index (χ0) is 17.0. The highest BCUT2D eigenvalue weighted by molar-refractivity contribution is 7.80. The lowest BCUT2D eigenvalue weighted by atomic mass is 10.1. The monoisotopic (exact) mass is 331 g/mol. The van der Waals surface area contributed by atoms with Crippen LogP contribution in [0.1, 0.15) is 22.3 Å². The normalized spacial score (nSPS) is 10.3. The minimum Gasteiger partial charge on any atom is -0.489 e. The predicted molar refractivity (Wildman–Crippen MR) is 95.3 cm³/mol. The summed E-state index contributed by atoms with van der Waals surface area (Å²) in [7, 11) is 1.42. The summed E-state index contributed by atoms with van der Waals surface area (Å²) in [6.45, 7) is 6.36. The van der Waals surface area contributed by atoms with Crippen LogP contribution in [0.25, 0.3) is 0 Å².